The van der Waals surface area contributed by atoms with E-state index >= 15 is 0 Å². The number of aromatic nitrogens is 1. The molecule has 0 unspecified atom stereocenters. The Bertz CT molecular complexity index is 697. The van der Waals surface area contributed by atoms with Gasteiger partial charge in [-0.1, -0.05) is 23.7 Å². The summed E-state index contributed by atoms with van der Waals surface area (Å²) < 4.78 is 0. The fourth-order valence-electron chi connectivity index (χ4n) is 2.64. The Hall–Kier alpha value is -1.92. The van der Waals surface area contributed by atoms with Crippen LogP contribution in [-0.4, -0.2) is 34.8 Å². The van der Waals surface area contributed by atoms with Gasteiger partial charge in [0, 0.05) is 30.6 Å². The molecule has 0 aliphatic carbocycles. The molecule has 7 heteroatoms. The van der Waals surface area contributed by atoms with Gasteiger partial charge in [0.05, 0.1) is 10.6 Å². The van der Waals surface area contributed by atoms with Crippen LogP contribution >= 0.6 is 22.9 Å². The largest absolute Gasteiger partial charge is 0.339 e. The number of carbonyl (C=O) groups excluding carboxylic acids is 2. The van der Waals surface area contributed by atoms with Crippen molar-refractivity contribution in [3.8, 4) is 0 Å². The molecule has 0 radical (unpaired) electrons. The fraction of sp³-hybridized carbons (Fsp3) is 0.312. The van der Waals surface area contributed by atoms with Crippen molar-refractivity contribution in [2.24, 2.45) is 5.92 Å². The van der Waals surface area contributed by atoms with E-state index in [-0.39, 0.29) is 17.7 Å². The molecule has 0 bridgehead atoms. The molecule has 2 aromatic rings. The minimum Gasteiger partial charge on any atom is -0.339 e. The Labute approximate surface area is 143 Å². The van der Waals surface area contributed by atoms with Crippen molar-refractivity contribution in [1.82, 2.24) is 9.88 Å². The van der Waals surface area contributed by atoms with E-state index in [9.17, 15) is 9.59 Å². The quantitative estimate of drug-likeness (QED) is 0.924. The molecule has 1 aromatic heterocycles. The van der Waals surface area contributed by atoms with E-state index < -0.39 is 0 Å². The normalized spacial score (nSPS) is 15.4. The lowest BCUT2D eigenvalue weighted by Crippen LogP contribution is -2.41. The zero-order valence-electron chi connectivity index (χ0n) is 12.4. The summed E-state index contributed by atoms with van der Waals surface area (Å²) in [7, 11) is 0. The molecular weight excluding hydrogens is 334 g/mol. The smallest absolute Gasteiger partial charge is 0.255 e. The van der Waals surface area contributed by atoms with E-state index in [0.29, 0.717) is 41.6 Å². The fourth-order valence-corrected chi connectivity index (χ4v) is 3.39. The second-order valence-electron chi connectivity index (χ2n) is 5.37. The van der Waals surface area contributed by atoms with Crippen LogP contribution in [0.15, 0.2) is 35.8 Å². The van der Waals surface area contributed by atoms with Crippen LogP contribution in [0, 0.1) is 5.92 Å². The summed E-state index contributed by atoms with van der Waals surface area (Å²) in [5, 5.41) is 5.72. The molecule has 5 nitrogen and oxygen atoms in total. The third kappa shape index (κ3) is 3.71. The van der Waals surface area contributed by atoms with Gasteiger partial charge in [-0.25, -0.2) is 4.98 Å². The topological polar surface area (TPSA) is 62.3 Å². The highest BCUT2D eigenvalue weighted by molar-refractivity contribution is 7.13. The predicted molar refractivity (Wildman–Crippen MR) is 90.8 cm³/mol. The highest BCUT2D eigenvalue weighted by Crippen LogP contribution is 2.23. The molecule has 120 valence electrons. The lowest BCUT2D eigenvalue weighted by atomic mass is 9.95. The van der Waals surface area contributed by atoms with E-state index in [0.717, 1.165) is 0 Å². The summed E-state index contributed by atoms with van der Waals surface area (Å²) in [6.07, 6.45) is 2.95. The summed E-state index contributed by atoms with van der Waals surface area (Å²) in [6.45, 7) is 1.11. The molecule has 1 aliphatic rings. The van der Waals surface area contributed by atoms with Crippen molar-refractivity contribution in [3.63, 3.8) is 0 Å². The van der Waals surface area contributed by atoms with Gasteiger partial charge in [0.1, 0.15) is 0 Å². The van der Waals surface area contributed by atoms with Crippen LogP contribution in [0.3, 0.4) is 0 Å². The first kappa shape index (κ1) is 16.0. The summed E-state index contributed by atoms with van der Waals surface area (Å²) in [5.74, 6) is -0.187. The Kier molecular flexibility index (Phi) is 4.93. The summed E-state index contributed by atoms with van der Waals surface area (Å²) in [5.41, 5.74) is 0.514. The number of piperidine rings is 1. The number of amides is 2. The standard InChI is InChI=1S/C16H16ClN3O2S/c17-13-4-2-1-3-12(13)15(22)20-8-5-11(6-9-20)14(21)19-16-18-7-10-23-16/h1-4,7,10-11H,5-6,8-9H2,(H,18,19,21). The van der Waals surface area contributed by atoms with Crippen LogP contribution in [-0.2, 0) is 4.79 Å². The molecule has 1 fully saturated rings. The minimum absolute atomic E-state index is 0.0233. The number of likely N-dealkylation sites (tertiary alicyclic amines) is 1. The lowest BCUT2D eigenvalue weighted by Gasteiger charge is -2.31. The second kappa shape index (κ2) is 7.10. The van der Waals surface area contributed by atoms with Gasteiger partial charge in [0.15, 0.2) is 5.13 Å². The maximum absolute atomic E-state index is 12.5. The zero-order valence-corrected chi connectivity index (χ0v) is 13.9. The van der Waals surface area contributed by atoms with Crippen LogP contribution in [0.1, 0.15) is 23.2 Å². The first-order chi connectivity index (χ1) is 11.1. The van der Waals surface area contributed by atoms with E-state index in [4.69, 9.17) is 11.6 Å². The van der Waals surface area contributed by atoms with Crippen molar-refractivity contribution in [2.75, 3.05) is 18.4 Å². The monoisotopic (exact) mass is 349 g/mol. The van der Waals surface area contributed by atoms with Gasteiger partial charge >= 0.3 is 0 Å². The maximum Gasteiger partial charge on any atom is 0.255 e. The van der Waals surface area contributed by atoms with Gasteiger partial charge in [0.2, 0.25) is 5.91 Å². The molecule has 0 atom stereocenters. The average molecular weight is 350 g/mol. The summed E-state index contributed by atoms with van der Waals surface area (Å²) in [6, 6.07) is 7.04. The Morgan fingerprint density at radius 2 is 2.00 bits per heavy atom. The highest BCUT2D eigenvalue weighted by atomic mass is 35.5. The van der Waals surface area contributed by atoms with Gasteiger partial charge in [-0.2, -0.15) is 0 Å². The van der Waals surface area contributed by atoms with Gasteiger partial charge in [-0.3, -0.25) is 9.59 Å². The van der Waals surface area contributed by atoms with E-state index in [1.165, 1.54) is 11.3 Å². The zero-order chi connectivity index (χ0) is 16.2. The van der Waals surface area contributed by atoms with Crippen molar-refractivity contribution >= 4 is 39.9 Å². The van der Waals surface area contributed by atoms with Crippen LogP contribution < -0.4 is 5.32 Å². The molecular formula is C16H16ClN3O2S. The van der Waals surface area contributed by atoms with Gasteiger partial charge in [0.25, 0.3) is 5.91 Å². The van der Waals surface area contributed by atoms with E-state index in [2.05, 4.69) is 10.3 Å². The summed E-state index contributed by atoms with van der Waals surface area (Å²) in [4.78, 5) is 30.5. The Morgan fingerprint density at radius 1 is 1.26 bits per heavy atom. The number of thiazole rings is 1. The highest BCUT2D eigenvalue weighted by Gasteiger charge is 2.28. The number of halogens is 1. The number of hydrogen-bond acceptors (Lipinski definition) is 4. The average Bonchev–Trinajstić information content (AvgIpc) is 3.08. The van der Waals surface area contributed by atoms with Crippen molar-refractivity contribution in [1.29, 1.82) is 0 Å². The molecule has 1 aliphatic heterocycles. The number of nitrogens with one attached hydrogen (secondary N) is 1. The molecule has 2 amide bonds. The minimum atomic E-state index is -0.0887. The lowest BCUT2D eigenvalue weighted by molar-refractivity contribution is -0.121. The van der Waals surface area contributed by atoms with Crippen LogP contribution in [0.2, 0.25) is 5.02 Å². The molecule has 0 saturated carbocycles. The van der Waals surface area contributed by atoms with Gasteiger partial charge in [-0.15, -0.1) is 11.3 Å². The molecule has 0 spiro atoms. The van der Waals surface area contributed by atoms with Gasteiger partial charge < -0.3 is 10.2 Å². The SMILES string of the molecule is O=C(Nc1nccs1)C1CCN(C(=O)c2ccccc2Cl)CC1. The molecule has 2 heterocycles. The number of hydrogen-bond donors (Lipinski definition) is 1. The number of nitrogens with zero attached hydrogens (tertiary/aromatic N) is 2. The summed E-state index contributed by atoms with van der Waals surface area (Å²) >= 11 is 7.48. The number of anilines is 1. The third-order valence-electron chi connectivity index (χ3n) is 3.92. The van der Waals surface area contributed by atoms with Crippen molar-refractivity contribution in [3.05, 3.63) is 46.4 Å². The molecule has 1 saturated heterocycles. The number of rotatable bonds is 3. The predicted octanol–water partition coefficient (Wildman–Crippen LogP) is 3.29. The van der Waals surface area contributed by atoms with Crippen LogP contribution in [0.5, 0.6) is 0 Å². The van der Waals surface area contributed by atoms with Crippen molar-refractivity contribution < 1.29 is 9.59 Å². The van der Waals surface area contributed by atoms with Crippen LogP contribution in [0.25, 0.3) is 0 Å². The third-order valence-corrected chi connectivity index (χ3v) is 4.94. The first-order valence-electron chi connectivity index (χ1n) is 7.39. The number of benzene rings is 1. The first-order valence-corrected chi connectivity index (χ1v) is 8.65. The van der Waals surface area contributed by atoms with Crippen LogP contribution in [0.4, 0.5) is 5.13 Å². The molecule has 1 N–H and O–H groups in total. The molecule has 3 rings (SSSR count). The van der Waals surface area contributed by atoms with Crippen molar-refractivity contribution in [2.45, 2.75) is 12.8 Å². The Morgan fingerprint density at radius 3 is 2.65 bits per heavy atom. The molecule has 23 heavy (non-hydrogen) atoms. The maximum atomic E-state index is 12.5. The second-order valence-corrected chi connectivity index (χ2v) is 6.67. The van der Waals surface area contributed by atoms with E-state index in [1.807, 2.05) is 5.38 Å². The molecule has 1 aromatic carbocycles. The Balaban J connectivity index is 1.57. The van der Waals surface area contributed by atoms with Gasteiger partial charge in [-0.05, 0) is 25.0 Å². The van der Waals surface area contributed by atoms with E-state index in [1.54, 1.807) is 35.4 Å². The number of carbonyl (C=O) groups is 2.